The second-order valence-corrected chi connectivity index (χ2v) is 7.03. The maximum absolute atomic E-state index is 11.9. The summed E-state index contributed by atoms with van der Waals surface area (Å²) in [4.78, 5) is 32.6. The maximum atomic E-state index is 11.9. The SMILES string of the molecule is CCOC(=O)c1sc(C(C)NC(=NC)NCCNC(=O)C(C)C)nc1C.I. The number of esters is 1. The van der Waals surface area contributed by atoms with Crippen molar-refractivity contribution in [3.63, 3.8) is 0 Å². The van der Waals surface area contributed by atoms with Crippen molar-refractivity contribution in [1.29, 1.82) is 0 Å². The van der Waals surface area contributed by atoms with E-state index in [1.807, 2.05) is 20.8 Å². The lowest BCUT2D eigenvalue weighted by molar-refractivity contribution is -0.123. The van der Waals surface area contributed by atoms with Crippen molar-refractivity contribution in [2.45, 2.75) is 40.7 Å². The molecular formula is C17H30IN5O3S. The van der Waals surface area contributed by atoms with Gasteiger partial charge in [-0.15, -0.1) is 35.3 Å². The van der Waals surface area contributed by atoms with Crippen LogP contribution in [0.15, 0.2) is 4.99 Å². The molecule has 0 radical (unpaired) electrons. The Balaban J connectivity index is 0.00000676. The maximum Gasteiger partial charge on any atom is 0.350 e. The number of nitrogens with one attached hydrogen (secondary N) is 3. The van der Waals surface area contributed by atoms with Gasteiger partial charge in [0.15, 0.2) is 5.96 Å². The first kappa shape index (κ1) is 25.6. The van der Waals surface area contributed by atoms with E-state index in [2.05, 4.69) is 25.9 Å². The number of aryl methyl sites for hydroxylation is 1. The Hall–Kier alpha value is -1.43. The number of aromatic nitrogens is 1. The molecule has 0 aliphatic rings. The van der Waals surface area contributed by atoms with E-state index in [0.29, 0.717) is 36.2 Å². The third kappa shape index (κ3) is 8.41. The lowest BCUT2D eigenvalue weighted by Gasteiger charge is -2.16. The first-order chi connectivity index (χ1) is 12.3. The summed E-state index contributed by atoms with van der Waals surface area (Å²) in [7, 11) is 1.67. The van der Waals surface area contributed by atoms with E-state index in [0.717, 1.165) is 5.01 Å². The van der Waals surface area contributed by atoms with Gasteiger partial charge in [0, 0.05) is 26.1 Å². The van der Waals surface area contributed by atoms with Crippen LogP contribution in [0.25, 0.3) is 0 Å². The molecule has 10 heteroatoms. The van der Waals surface area contributed by atoms with Gasteiger partial charge >= 0.3 is 5.97 Å². The van der Waals surface area contributed by atoms with Gasteiger partial charge in [0.2, 0.25) is 5.91 Å². The predicted octanol–water partition coefficient (Wildman–Crippen LogP) is 2.24. The summed E-state index contributed by atoms with van der Waals surface area (Å²) >= 11 is 1.32. The first-order valence-corrected chi connectivity index (χ1v) is 9.51. The number of nitrogens with zero attached hydrogens (tertiary/aromatic N) is 2. The summed E-state index contributed by atoms with van der Waals surface area (Å²) in [5, 5.41) is 9.98. The standard InChI is InChI=1S/C17H29N5O3S.HI/c1-7-25-16(24)13-11(4)21-15(26-13)12(5)22-17(18-6)20-9-8-19-14(23)10(2)3;/h10,12H,7-9H2,1-6H3,(H,19,23)(H2,18,20,22);1H. The van der Waals surface area contributed by atoms with Gasteiger partial charge in [0.1, 0.15) is 9.88 Å². The van der Waals surface area contributed by atoms with Gasteiger partial charge in [-0.1, -0.05) is 13.8 Å². The average Bonchev–Trinajstić information content (AvgIpc) is 2.99. The van der Waals surface area contributed by atoms with E-state index in [1.165, 1.54) is 11.3 Å². The van der Waals surface area contributed by atoms with Crippen LogP contribution in [-0.2, 0) is 9.53 Å². The monoisotopic (exact) mass is 511 g/mol. The minimum Gasteiger partial charge on any atom is -0.462 e. The molecule has 0 aromatic carbocycles. The number of hydrogen-bond acceptors (Lipinski definition) is 6. The third-order valence-corrected chi connectivity index (χ3v) is 4.78. The van der Waals surface area contributed by atoms with Crippen LogP contribution in [0, 0.1) is 12.8 Å². The molecule has 1 heterocycles. The fourth-order valence-corrected chi connectivity index (χ4v) is 2.98. The smallest absolute Gasteiger partial charge is 0.350 e. The van der Waals surface area contributed by atoms with Crippen LogP contribution in [0.3, 0.4) is 0 Å². The zero-order valence-electron chi connectivity index (χ0n) is 16.7. The summed E-state index contributed by atoms with van der Waals surface area (Å²) in [6.45, 7) is 10.6. The largest absolute Gasteiger partial charge is 0.462 e. The minimum absolute atomic E-state index is 0. The highest BCUT2D eigenvalue weighted by atomic mass is 127. The Morgan fingerprint density at radius 3 is 2.41 bits per heavy atom. The van der Waals surface area contributed by atoms with Gasteiger partial charge < -0.3 is 20.7 Å². The average molecular weight is 511 g/mol. The van der Waals surface area contributed by atoms with Crippen molar-refractivity contribution >= 4 is 53.1 Å². The Morgan fingerprint density at radius 1 is 1.22 bits per heavy atom. The molecule has 0 saturated carbocycles. The molecule has 1 rings (SSSR count). The molecule has 0 spiro atoms. The molecule has 0 bridgehead atoms. The topological polar surface area (TPSA) is 105 Å². The highest BCUT2D eigenvalue weighted by Crippen LogP contribution is 2.24. The van der Waals surface area contributed by atoms with E-state index >= 15 is 0 Å². The van der Waals surface area contributed by atoms with Gasteiger partial charge in [0.05, 0.1) is 18.3 Å². The summed E-state index contributed by atoms with van der Waals surface area (Å²) in [6.07, 6.45) is 0. The van der Waals surface area contributed by atoms with E-state index in [4.69, 9.17) is 4.74 Å². The summed E-state index contributed by atoms with van der Waals surface area (Å²) in [5.74, 6) is 0.244. The van der Waals surface area contributed by atoms with Crippen molar-refractivity contribution in [2.24, 2.45) is 10.9 Å². The van der Waals surface area contributed by atoms with E-state index in [1.54, 1.807) is 20.9 Å². The second-order valence-electron chi connectivity index (χ2n) is 6.00. The van der Waals surface area contributed by atoms with Gasteiger partial charge in [-0.3, -0.25) is 9.79 Å². The van der Waals surface area contributed by atoms with Crippen molar-refractivity contribution in [1.82, 2.24) is 20.9 Å². The molecule has 0 saturated heterocycles. The number of halogens is 1. The second kappa shape index (κ2) is 12.9. The Kier molecular flexibility index (Phi) is 12.2. The number of aliphatic imine (C=N–C) groups is 1. The molecule has 8 nitrogen and oxygen atoms in total. The highest BCUT2D eigenvalue weighted by Gasteiger charge is 2.20. The fraction of sp³-hybridized carbons (Fsp3) is 0.647. The summed E-state index contributed by atoms with van der Waals surface area (Å²) in [5.41, 5.74) is 0.663. The molecule has 0 aliphatic carbocycles. The van der Waals surface area contributed by atoms with Gasteiger partial charge in [-0.05, 0) is 20.8 Å². The van der Waals surface area contributed by atoms with E-state index in [-0.39, 0.29) is 47.8 Å². The summed E-state index contributed by atoms with van der Waals surface area (Å²) in [6, 6.07) is -0.127. The number of hydrogen-bond donors (Lipinski definition) is 3. The lowest BCUT2D eigenvalue weighted by Crippen LogP contribution is -2.42. The molecule has 1 atom stereocenters. The Bertz CT molecular complexity index is 649. The molecule has 27 heavy (non-hydrogen) atoms. The molecule has 0 aliphatic heterocycles. The van der Waals surface area contributed by atoms with Crippen molar-refractivity contribution in [2.75, 3.05) is 26.7 Å². The Labute approximate surface area is 182 Å². The normalized spacial score (nSPS) is 12.2. The van der Waals surface area contributed by atoms with Crippen LogP contribution in [0.4, 0.5) is 0 Å². The van der Waals surface area contributed by atoms with Crippen LogP contribution in [0.2, 0.25) is 0 Å². The quantitative estimate of drug-likeness (QED) is 0.163. The van der Waals surface area contributed by atoms with E-state index < -0.39 is 0 Å². The molecule has 154 valence electrons. The number of carbonyl (C=O) groups is 2. The third-order valence-electron chi connectivity index (χ3n) is 3.46. The highest BCUT2D eigenvalue weighted by molar-refractivity contribution is 14.0. The van der Waals surface area contributed by atoms with Crippen LogP contribution >= 0.6 is 35.3 Å². The van der Waals surface area contributed by atoms with Crippen molar-refractivity contribution < 1.29 is 14.3 Å². The zero-order chi connectivity index (χ0) is 19.7. The van der Waals surface area contributed by atoms with Crippen molar-refractivity contribution in [3.05, 3.63) is 15.6 Å². The minimum atomic E-state index is -0.343. The van der Waals surface area contributed by atoms with Gasteiger partial charge in [-0.2, -0.15) is 0 Å². The fourth-order valence-electron chi connectivity index (χ4n) is 2.02. The molecule has 1 aromatic rings. The van der Waals surface area contributed by atoms with Crippen LogP contribution in [-0.4, -0.2) is 49.6 Å². The molecule has 1 aromatic heterocycles. The van der Waals surface area contributed by atoms with Crippen LogP contribution < -0.4 is 16.0 Å². The Morgan fingerprint density at radius 2 is 1.85 bits per heavy atom. The molecule has 3 N–H and O–H groups in total. The number of rotatable bonds is 8. The van der Waals surface area contributed by atoms with Crippen LogP contribution in [0.5, 0.6) is 0 Å². The number of amides is 1. The molecule has 1 amide bonds. The number of guanidine groups is 1. The molecular weight excluding hydrogens is 481 g/mol. The number of thiazole rings is 1. The predicted molar refractivity (Wildman–Crippen MR) is 119 cm³/mol. The van der Waals surface area contributed by atoms with Crippen molar-refractivity contribution in [3.8, 4) is 0 Å². The number of carbonyl (C=O) groups excluding carboxylic acids is 2. The lowest BCUT2D eigenvalue weighted by atomic mass is 10.2. The molecule has 1 unspecified atom stereocenters. The van der Waals surface area contributed by atoms with E-state index in [9.17, 15) is 9.59 Å². The van der Waals surface area contributed by atoms with Gasteiger partial charge in [-0.25, -0.2) is 9.78 Å². The van der Waals surface area contributed by atoms with Crippen LogP contribution in [0.1, 0.15) is 54.1 Å². The first-order valence-electron chi connectivity index (χ1n) is 8.69. The zero-order valence-corrected chi connectivity index (χ0v) is 19.9. The number of ether oxygens (including phenoxy) is 1. The van der Waals surface area contributed by atoms with Gasteiger partial charge in [0.25, 0.3) is 0 Å². The summed E-state index contributed by atoms with van der Waals surface area (Å²) < 4.78 is 5.05. The molecule has 0 fully saturated rings.